The van der Waals surface area contributed by atoms with E-state index >= 15 is 0 Å². The number of hydrogen-bond acceptors (Lipinski definition) is 4. The Morgan fingerprint density at radius 3 is 2.69 bits per heavy atom. The van der Waals surface area contributed by atoms with Crippen molar-refractivity contribution < 1.29 is 10.2 Å². The zero-order chi connectivity index (χ0) is 9.84. The summed E-state index contributed by atoms with van der Waals surface area (Å²) in [5.74, 6) is 0.188. The molecule has 0 saturated heterocycles. The van der Waals surface area contributed by atoms with Crippen molar-refractivity contribution in [3.63, 3.8) is 0 Å². The molecule has 0 saturated carbocycles. The first-order valence-electron chi connectivity index (χ1n) is 3.72. The minimum Gasteiger partial charge on any atom is -0.389 e. The zero-order valence-corrected chi connectivity index (χ0v) is 8.41. The van der Waals surface area contributed by atoms with Crippen molar-refractivity contribution in [2.75, 3.05) is 5.75 Å². The van der Waals surface area contributed by atoms with Crippen LogP contribution in [0.25, 0.3) is 0 Å². The summed E-state index contributed by atoms with van der Waals surface area (Å²) in [6, 6.07) is 1.56. The van der Waals surface area contributed by atoms with Crippen LogP contribution in [0.15, 0.2) is 18.5 Å². The topological polar surface area (TPSA) is 53.4 Å². The van der Waals surface area contributed by atoms with Gasteiger partial charge in [0.15, 0.2) is 0 Å². The quantitative estimate of drug-likeness (QED) is 0.667. The maximum absolute atomic E-state index is 9.52. The van der Waals surface area contributed by atoms with E-state index < -0.39 is 12.2 Å². The molecule has 0 radical (unpaired) electrons. The SMILES string of the molecule is OC(CS)C(O)c1cncc(Cl)c1. The van der Waals surface area contributed by atoms with E-state index in [-0.39, 0.29) is 5.75 Å². The molecular formula is C8H10ClNO2S. The molecule has 1 heterocycles. The molecule has 2 N–H and O–H groups in total. The summed E-state index contributed by atoms with van der Waals surface area (Å²) in [7, 11) is 0. The van der Waals surface area contributed by atoms with E-state index in [1.807, 2.05) is 0 Å². The molecule has 0 aliphatic carbocycles. The molecule has 0 bridgehead atoms. The molecule has 0 aromatic carbocycles. The van der Waals surface area contributed by atoms with E-state index in [1.54, 1.807) is 6.07 Å². The van der Waals surface area contributed by atoms with Gasteiger partial charge in [-0.05, 0) is 6.07 Å². The van der Waals surface area contributed by atoms with Gasteiger partial charge in [-0.3, -0.25) is 4.98 Å². The molecule has 0 aliphatic heterocycles. The van der Waals surface area contributed by atoms with Crippen molar-refractivity contribution in [1.82, 2.24) is 4.98 Å². The summed E-state index contributed by atoms with van der Waals surface area (Å²) in [5, 5.41) is 19.2. The second-order valence-corrected chi connectivity index (χ2v) is 3.43. The molecule has 0 fully saturated rings. The molecular weight excluding hydrogens is 210 g/mol. The summed E-state index contributed by atoms with van der Waals surface area (Å²) >= 11 is 9.53. The number of aliphatic hydroxyl groups is 2. The van der Waals surface area contributed by atoms with Gasteiger partial charge in [-0.25, -0.2) is 0 Å². The van der Waals surface area contributed by atoms with Gasteiger partial charge in [-0.15, -0.1) is 0 Å². The fraction of sp³-hybridized carbons (Fsp3) is 0.375. The third-order valence-electron chi connectivity index (χ3n) is 1.62. The van der Waals surface area contributed by atoms with Crippen molar-refractivity contribution in [3.8, 4) is 0 Å². The number of pyridine rings is 1. The largest absolute Gasteiger partial charge is 0.389 e. The minimum absolute atomic E-state index is 0.188. The Morgan fingerprint density at radius 2 is 2.15 bits per heavy atom. The summed E-state index contributed by atoms with van der Waals surface area (Å²) in [6.07, 6.45) is 1.04. The number of nitrogens with zero attached hydrogens (tertiary/aromatic N) is 1. The van der Waals surface area contributed by atoms with Gasteiger partial charge in [-0.2, -0.15) is 12.6 Å². The van der Waals surface area contributed by atoms with Gasteiger partial charge in [0.2, 0.25) is 0 Å². The van der Waals surface area contributed by atoms with Crippen molar-refractivity contribution in [1.29, 1.82) is 0 Å². The molecule has 13 heavy (non-hydrogen) atoms. The van der Waals surface area contributed by atoms with Crippen molar-refractivity contribution in [2.24, 2.45) is 0 Å². The number of rotatable bonds is 3. The molecule has 1 aromatic rings. The normalized spacial score (nSPS) is 15.4. The van der Waals surface area contributed by atoms with Crippen LogP contribution in [0.3, 0.4) is 0 Å². The van der Waals surface area contributed by atoms with Crippen LogP contribution >= 0.6 is 24.2 Å². The van der Waals surface area contributed by atoms with Crippen LogP contribution in [0.2, 0.25) is 5.02 Å². The number of aliphatic hydroxyl groups excluding tert-OH is 2. The van der Waals surface area contributed by atoms with E-state index in [1.165, 1.54) is 12.4 Å². The Kier molecular flexibility index (Phi) is 3.99. The first kappa shape index (κ1) is 10.8. The number of hydrogen-bond donors (Lipinski definition) is 3. The highest BCUT2D eigenvalue weighted by Crippen LogP contribution is 2.19. The first-order chi connectivity index (χ1) is 6.15. The fourth-order valence-electron chi connectivity index (χ4n) is 0.912. The average molecular weight is 220 g/mol. The van der Waals surface area contributed by atoms with E-state index in [0.717, 1.165) is 0 Å². The van der Waals surface area contributed by atoms with Crippen LogP contribution < -0.4 is 0 Å². The second kappa shape index (κ2) is 4.81. The van der Waals surface area contributed by atoms with Gasteiger partial charge in [0.25, 0.3) is 0 Å². The van der Waals surface area contributed by atoms with Crippen LogP contribution in [0, 0.1) is 0 Å². The monoisotopic (exact) mass is 219 g/mol. The van der Waals surface area contributed by atoms with Crippen molar-refractivity contribution in [3.05, 3.63) is 29.0 Å². The number of aromatic nitrogens is 1. The molecule has 0 aliphatic rings. The fourth-order valence-corrected chi connectivity index (χ4v) is 1.29. The molecule has 1 aromatic heterocycles. The van der Waals surface area contributed by atoms with Gasteiger partial charge in [0.1, 0.15) is 6.10 Å². The minimum atomic E-state index is -0.983. The highest BCUT2D eigenvalue weighted by Gasteiger charge is 2.16. The molecule has 5 heteroatoms. The molecule has 0 spiro atoms. The van der Waals surface area contributed by atoms with E-state index in [0.29, 0.717) is 10.6 Å². The van der Waals surface area contributed by atoms with Gasteiger partial charge >= 0.3 is 0 Å². The van der Waals surface area contributed by atoms with Crippen molar-refractivity contribution in [2.45, 2.75) is 12.2 Å². The molecule has 2 unspecified atom stereocenters. The van der Waals surface area contributed by atoms with Crippen LogP contribution in [0.5, 0.6) is 0 Å². The highest BCUT2D eigenvalue weighted by molar-refractivity contribution is 7.80. The Labute approximate surface area is 86.8 Å². The van der Waals surface area contributed by atoms with Crippen LogP contribution in [0.1, 0.15) is 11.7 Å². The predicted octanol–water partition coefficient (Wildman–Crippen LogP) is 1.06. The number of thiol groups is 1. The molecule has 3 nitrogen and oxygen atoms in total. The smallest absolute Gasteiger partial charge is 0.107 e. The maximum Gasteiger partial charge on any atom is 0.107 e. The Hall–Kier alpha value is -0.290. The van der Waals surface area contributed by atoms with E-state index in [2.05, 4.69) is 17.6 Å². The third-order valence-corrected chi connectivity index (χ3v) is 2.20. The lowest BCUT2D eigenvalue weighted by atomic mass is 10.1. The van der Waals surface area contributed by atoms with Gasteiger partial charge in [0.05, 0.1) is 11.1 Å². The maximum atomic E-state index is 9.52. The van der Waals surface area contributed by atoms with Crippen LogP contribution in [0.4, 0.5) is 0 Å². The second-order valence-electron chi connectivity index (χ2n) is 2.63. The lowest BCUT2D eigenvalue weighted by Gasteiger charge is -2.15. The summed E-state index contributed by atoms with van der Waals surface area (Å²) in [5.41, 5.74) is 0.494. The lowest BCUT2D eigenvalue weighted by molar-refractivity contribution is 0.0335. The van der Waals surface area contributed by atoms with Crippen LogP contribution in [-0.2, 0) is 0 Å². The molecule has 2 atom stereocenters. The number of halogens is 1. The van der Waals surface area contributed by atoms with Gasteiger partial charge in [-0.1, -0.05) is 11.6 Å². The van der Waals surface area contributed by atoms with Gasteiger partial charge in [0, 0.05) is 23.7 Å². The Balaban J connectivity index is 2.82. The van der Waals surface area contributed by atoms with Gasteiger partial charge < -0.3 is 10.2 Å². The summed E-state index contributed by atoms with van der Waals surface area (Å²) in [4.78, 5) is 3.79. The molecule has 1 rings (SSSR count). The van der Waals surface area contributed by atoms with Crippen LogP contribution in [-0.4, -0.2) is 27.1 Å². The molecule has 72 valence electrons. The summed E-state index contributed by atoms with van der Waals surface area (Å²) < 4.78 is 0. The Bertz CT molecular complexity index is 285. The standard InChI is InChI=1S/C8H10ClNO2S/c9-6-1-5(2-10-3-6)8(12)7(11)4-13/h1-3,7-8,11-13H,4H2. The predicted molar refractivity (Wildman–Crippen MR) is 54.1 cm³/mol. The highest BCUT2D eigenvalue weighted by atomic mass is 35.5. The van der Waals surface area contributed by atoms with E-state index in [9.17, 15) is 10.2 Å². The molecule has 0 amide bonds. The lowest BCUT2D eigenvalue weighted by Crippen LogP contribution is -2.19. The summed E-state index contributed by atoms with van der Waals surface area (Å²) in [6.45, 7) is 0. The Morgan fingerprint density at radius 1 is 1.46 bits per heavy atom. The van der Waals surface area contributed by atoms with E-state index in [4.69, 9.17) is 11.6 Å². The van der Waals surface area contributed by atoms with Crippen molar-refractivity contribution >= 4 is 24.2 Å². The third kappa shape index (κ3) is 2.84. The first-order valence-corrected chi connectivity index (χ1v) is 4.73. The average Bonchev–Trinajstić information content (AvgIpc) is 2.15. The zero-order valence-electron chi connectivity index (χ0n) is 6.76.